The Kier molecular flexibility index (Phi) is 4.87. The lowest BCUT2D eigenvalue weighted by Gasteiger charge is -2.08. The first-order valence-corrected chi connectivity index (χ1v) is 8.34. The topological polar surface area (TPSA) is 89.0 Å². The molecule has 2 aromatic rings. The Balaban J connectivity index is 2.04. The molecule has 7 heteroatoms. The Morgan fingerprint density at radius 1 is 1.14 bits per heavy atom. The summed E-state index contributed by atoms with van der Waals surface area (Å²) in [5.41, 5.74) is 0.719. The number of carbonyl (C=O) groups is 1. The van der Waals surface area contributed by atoms with Crippen LogP contribution >= 0.6 is 0 Å². The average Bonchev–Trinajstić information content (AvgIpc) is 2.48. The Bertz CT molecular complexity index is 741. The van der Waals surface area contributed by atoms with E-state index in [1.165, 1.54) is 24.5 Å². The third kappa shape index (κ3) is 3.88. The molecule has 0 aliphatic carbocycles. The molecule has 0 saturated heterocycles. The van der Waals surface area contributed by atoms with E-state index in [1.54, 1.807) is 32.0 Å². The van der Waals surface area contributed by atoms with Crippen molar-refractivity contribution in [3.8, 4) is 0 Å². The van der Waals surface area contributed by atoms with Crippen molar-refractivity contribution in [3.05, 3.63) is 48.3 Å². The summed E-state index contributed by atoms with van der Waals surface area (Å²) in [4.78, 5) is 19.9. The minimum atomic E-state index is -3.29. The summed E-state index contributed by atoms with van der Waals surface area (Å²) >= 11 is 0. The van der Waals surface area contributed by atoms with Gasteiger partial charge in [0.15, 0.2) is 9.84 Å². The molecule has 1 aromatic carbocycles. The summed E-state index contributed by atoms with van der Waals surface area (Å²) in [6, 6.07) is 7.98. The van der Waals surface area contributed by atoms with E-state index in [4.69, 9.17) is 0 Å². The number of nitrogens with one attached hydrogen (secondary N) is 1. The lowest BCUT2D eigenvalue weighted by molar-refractivity contribution is -0.115. The van der Waals surface area contributed by atoms with Gasteiger partial charge >= 0.3 is 0 Å². The van der Waals surface area contributed by atoms with E-state index >= 15 is 0 Å². The summed E-state index contributed by atoms with van der Waals surface area (Å²) < 4.78 is 24.0. The second kappa shape index (κ2) is 6.65. The van der Waals surface area contributed by atoms with Gasteiger partial charge in [-0.2, -0.15) is 0 Å². The zero-order valence-electron chi connectivity index (χ0n) is 12.4. The number of nitrogens with zero attached hydrogens (tertiary/aromatic N) is 2. The van der Waals surface area contributed by atoms with Crippen molar-refractivity contribution in [1.29, 1.82) is 0 Å². The molecule has 0 atom stereocenters. The molecule has 1 heterocycles. The van der Waals surface area contributed by atoms with Gasteiger partial charge in [-0.3, -0.25) is 10.1 Å². The molecule has 116 valence electrons. The van der Waals surface area contributed by atoms with Crippen molar-refractivity contribution in [2.45, 2.75) is 30.4 Å². The van der Waals surface area contributed by atoms with Crippen molar-refractivity contribution in [2.75, 3.05) is 5.32 Å². The van der Waals surface area contributed by atoms with E-state index < -0.39 is 15.1 Å². The molecule has 6 nitrogen and oxygen atoms in total. The maximum absolute atomic E-state index is 12.0. The molecule has 0 unspecified atom stereocenters. The zero-order chi connectivity index (χ0) is 16.2. The van der Waals surface area contributed by atoms with Gasteiger partial charge in [-0.1, -0.05) is 12.1 Å². The molecule has 0 bridgehead atoms. The largest absolute Gasteiger partial charge is 0.294 e. The number of carbonyl (C=O) groups excluding carboxylic acids is 1. The third-order valence-electron chi connectivity index (χ3n) is 3.05. The Morgan fingerprint density at radius 3 is 2.27 bits per heavy atom. The first-order chi connectivity index (χ1) is 10.4. The molecule has 1 N–H and O–H groups in total. The van der Waals surface area contributed by atoms with Gasteiger partial charge in [0.1, 0.15) is 0 Å². The lowest BCUT2D eigenvalue weighted by Crippen LogP contribution is -2.16. The van der Waals surface area contributed by atoms with Gasteiger partial charge in [-0.05, 0) is 37.6 Å². The van der Waals surface area contributed by atoms with Crippen molar-refractivity contribution < 1.29 is 13.2 Å². The summed E-state index contributed by atoms with van der Waals surface area (Å²) in [5, 5.41) is 2.10. The van der Waals surface area contributed by atoms with Gasteiger partial charge < -0.3 is 0 Å². The van der Waals surface area contributed by atoms with Crippen LogP contribution in [0.2, 0.25) is 0 Å². The maximum atomic E-state index is 12.0. The van der Waals surface area contributed by atoms with Crippen molar-refractivity contribution >= 4 is 21.7 Å². The zero-order valence-corrected chi connectivity index (χ0v) is 13.2. The minimum Gasteiger partial charge on any atom is -0.294 e. The standard InChI is InChI=1S/C15H17N3O3S/c1-11(2)22(20,21)13-6-4-12(5-7-13)10-14(19)18-15-16-8-3-9-17-15/h3-9,11H,10H2,1-2H3,(H,16,17,18,19). The molecular formula is C15H17N3O3S. The van der Waals surface area contributed by atoms with Crippen LogP contribution in [-0.4, -0.2) is 29.5 Å². The van der Waals surface area contributed by atoms with E-state index in [2.05, 4.69) is 15.3 Å². The van der Waals surface area contributed by atoms with E-state index in [0.29, 0.717) is 0 Å². The number of amides is 1. The van der Waals surface area contributed by atoms with Gasteiger partial charge in [0.2, 0.25) is 11.9 Å². The molecule has 1 amide bonds. The summed E-state index contributed by atoms with van der Waals surface area (Å²) in [5.74, 6) is -0.0165. The number of aromatic nitrogens is 2. The fourth-order valence-electron chi connectivity index (χ4n) is 1.79. The maximum Gasteiger partial charge on any atom is 0.231 e. The summed E-state index contributed by atoms with van der Waals surface area (Å²) in [6.07, 6.45) is 3.20. The molecule has 0 saturated carbocycles. The highest BCUT2D eigenvalue weighted by Crippen LogP contribution is 2.16. The smallest absolute Gasteiger partial charge is 0.231 e. The van der Waals surface area contributed by atoms with Crippen LogP contribution in [0.25, 0.3) is 0 Å². The van der Waals surface area contributed by atoms with Crippen LogP contribution in [-0.2, 0) is 21.1 Å². The van der Waals surface area contributed by atoms with Crippen LogP contribution in [0.15, 0.2) is 47.6 Å². The molecule has 0 fully saturated rings. The first kappa shape index (κ1) is 16.1. The van der Waals surface area contributed by atoms with Crippen LogP contribution in [0.3, 0.4) is 0 Å². The Labute approximate surface area is 129 Å². The first-order valence-electron chi connectivity index (χ1n) is 6.79. The second-order valence-electron chi connectivity index (χ2n) is 5.04. The van der Waals surface area contributed by atoms with Crippen molar-refractivity contribution in [2.24, 2.45) is 0 Å². The number of benzene rings is 1. The molecule has 22 heavy (non-hydrogen) atoms. The summed E-state index contributed by atoms with van der Waals surface area (Å²) in [6.45, 7) is 3.27. The molecule has 0 aliphatic heterocycles. The highest BCUT2D eigenvalue weighted by molar-refractivity contribution is 7.92. The van der Waals surface area contributed by atoms with Gasteiger partial charge in [-0.15, -0.1) is 0 Å². The van der Waals surface area contributed by atoms with Gasteiger partial charge in [-0.25, -0.2) is 18.4 Å². The highest BCUT2D eigenvalue weighted by Gasteiger charge is 2.18. The van der Waals surface area contributed by atoms with Gasteiger partial charge in [0.25, 0.3) is 0 Å². The molecule has 1 aromatic heterocycles. The highest BCUT2D eigenvalue weighted by atomic mass is 32.2. The Hall–Kier alpha value is -2.28. The molecule has 0 aliphatic rings. The fourth-order valence-corrected chi connectivity index (χ4v) is 2.85. The lowest BCUT2D eigenvalue weighted by atomic mass is 10.1. The molecule has 2 rings (SSSR count). The number of anilines is 1. The minimum absolute atomic E-state index is 0.125. The van der Waals surface area contributed by atoms with Crippen LogP contribution in [0.1, 0.15) is 19.4 Å². The molecule has 0 radical (unpaired) electrons. The predicted molar refractivity (Wildman–Crippen MR) is 83.1 cm³/mol. The van der Waals surface area contributed by atoms with E-state index in [1.807, 2.05) is 0 Å². The predicted octanol–water partition coefficient (Wildman–Crippen LogP) is 1.84. The van der Waals surface area contributed by atoms with Gasteiger partial charge in [0, 0.05) is 12.4 Å². The third-order valence-corrected chi connectivity index (χ3v) is 5.22. The van der Waals surface area contributed by atoms with E-state index in [-0.39, 0.29) is 23.2 Å². The van der Waals surface area contributed by atoms with Crippen LogP contribution in [0.5, 0.6) is 0 Å². The molecule has 0 spiro atoms. The monoisotopic (exact) mass is 319 g/mol. The number of rotatable bonds is 5. The Morgan fingerprint density at radius 2 is 1.73 bits per heavy atom. The van der Waals surface area contributed by atoms with Crippen LogP contribution < -0.4 is 5.32 Å². The fraction of sp³-hybridized carbons (Fsp3) is 0.267. The van der Waals surface area contributed by atoms with Crippen molar-refractivity contribution in [1.82, 2.24) is 9.97 Å². The number of hydrogen-bond donors (Lipinski definition) is 1. The van der Waals surface area contributed by atoms with Crippen LogP contribution in [0, 0.1) is 0 Å². The number of hydrogen-bond acceptors (Lipinski definition) is 5. The average molecular weight is 319 g/mol. The van der Waals surface area contributed by atoms with E-state index in [0.717, 1.165) is 5.56 Å². The molecular weight excluding hydrogens is 302 g/mol. The SMILES string of the molecule is CC(C)S(=O)(=O)c1ccc(CC(=O)Nc2ncccn2)cc1. The second-order valence-corrected chi connectivity index (χ2v) is 7.54. The summed E-state index contributed by atoms with van der Waals surface area (Å²) in [7, 11) is -3.29. The number of sulfone groups is 1. The van der Waals surface area contributed by atoms with Crippen LogP contribution in [0.4, 0.5) is 5.95 Å². The van der Waals surface area contributed by atoms with Gasteiger partial charge in [0.05, 0.1) is 16.6 Å². The van der Waals surface area contributed by atoms with E-state index in [9.17, 15) is 13.2 Å². The normalized spacial score (nSPS) is 11.4. The van der Waals surface area contributed by atoms with Crippen molar-refractivity contribution in [3.63, 3.8) is 0 Å². The quantitative estimate of drug-likeness (QED) is 0.908.